The lowest BCUT2D eigenvalue weighted by Gasteiger charge is -2.15. The third-order valence-corrected chi connectivity index (χ3v) is 6.38. The molecule has 2 unspecified atom stereocenters. The molecule has 0 saturated carbocycles. The summed E-state index contributed by atoms with van der Waals surface area (Å²) in [6.07, 6.45) is -0.982. The Morgan fingerprint density at radius 1 is 0.700 bits per heavy atom. The molecule has 4 rings (SSSR count). The maximum absolute atomic E-state index is 13.4. The van der Waals surface area contributed by atoms with Crippen molar-refractivity contribution in [2.45, 2.75) is 22.4 Å². The number of ether oxygens (including phenoxy) is 6. The van der Waals surface area contributed by atoms with Gasteiger partial charge in [0.1, 0.15) is 39.6 Å². The average Bonchev–Trinajstić information content (AvgIpc) is 3.81. The second-order valence-corrected chi connectivity index (χ2v) is 10.9. The topological polar surface area (TPSA) is 230 Å². The zero-order valence-corrected chi connectivity index (χ0v) is 22.5. The van der Waals surface area contributed by atoms with Gasteiger partial charge >= 0.3 is 0 Å². The summed E-state index contributed by atoms with van der Waals surface area (Å²) in [7, 11) is -11.9. The molecule has 0 amide bonds. The molecule has 0 N–H and O–H groups in total. The molecule has 2 aliphatic rings. The lowest BCUT2D eigenvalue weighted by atomic mass is 10.3. The molecule has 17 nitrogen and oxygen atoms in total. The standard InChI is InChI=1S/C20H22O17S3/c21-38(13-1-3-15(34-19-11-30-19)17(9-13)28-5-7-32-36-39(22,23)24)14-2-4-16(35-20-12-31-20)18(10-14)29-6-8-33-37-40(25,26)27/h1-4,9-10,19-20H,5-8,11-12H2,(H,22,23,24)(H,25,26,27)/p-2. The van der Waals surface area contributed by atoms with E-state index in [9.17, 15) is 30.1 Å². The van der Waals surface area contributed by atoms with Gasteiger partial charge in [-0.25, -0.2) is 30.8 Å². The Morgan fingerprint density at radius 3 is 1.45 bits per heavy atom. The van der Waals surface area contributed by atoms with Gasteiger partial charge in [0.05, 0.1) is 10.8 Å². The summed E-state index contributed by atoms with van der Waals surface area (Å²) < 4.78 is 116. The molecule has 2 saturated heterocycles. The van der Waals surface area contributed by atoms with Gasteiger partial charge in [-0.2, -0.15) is 0 Å². The fourth-order valence-corrected chi connectivity index (χ4v) is 4.27. The second kappa shape index (κ2) is 13.4. The first-order chi connectivity index (χ1) is 19.0. The fourth-order valence-electron chi connectivity index (χ4n) is 2.82. The van der Waals surface area contributed by atoms with Crippen molar-refractivity contribution >= 4 is 31.6 Å². The Morgan fingerprint density at radius 2 is 1.10 bits per heavy atom. The summed E-state index contributed by atoms with van der Waals surface area (Å²) in [4.78, 5) is 9.07. The number of hydrogen-bond acceptors (Lipinski definition) is 17. The van der Waals surface area contributed by atoms with Crippen molar-refractivity contribution in [1.82, 2.24) is 0 Å². The van der Waals surface area contributed by atoms with E-state index < -0.39 is 57.4 Å². The minimum absolute atomic E-state index is 0.114. The van der Waals surface area contributed by atoms with Crippen LogP contribution in [-0.2, 0) is 59.5 Å². The molecule has 2 aromatic rings. The summed E-state index contributed by atoms with van der Waals surface area (Å²) in [5.41, 5.74) is 0. The van der Waals surface area contributed by atoms with Crippen molar-refractivity contribution in [3.63, 3.8) is 0 Å². The van der Waals surface area contributed by atoms with Crippen LogP contribution in [0.5, 0.6) is 23.0 Å². The number of hydrogen-bond donors (Lipinski definition) is 0. The average molecular weight is 629 g/mol. The molecule has 40 heavy (non-hydrogen) atoms. The number of epoxide rings is 2. The zero-order valence-electron chi connectivity index (χ0n) is 20.0. The van der Waals surface area contributed by atoms with Crippen LogP contribution in [0.1, 0.15) is 0 Å². The van der Waals surface area contributed by atoms with Gasteiger partial charge in [-0.15, -0.1) is 8.67 Å². The van der Waals surface area contributed by atoms with E-state index in [4.69, 9.17) is 28.4 Å². The van der Waals surface area contributed by atoms with Gasteiger partial charge in [0, 0.05) is 21.9 Å². The number of rotatable bonds is 18. The monoisotopic (exact) mass is 628 g/mol. The molecule has 0 aromatic heterocycles. The molecule has 2 fully saturated rings. The minimum Gasteiger partial charge on any atom is -0.724 e. The Bertz CT molecular complexity index is 1300. The summed E-state index contributed by atoms with van der Waals surface area (Å²) >= 11 is 0. The van der Waals surface area contributed by atoms with Crippen molar-refractivity contribution in [2.75, 3.05) is 39.6 Å². The van der Waals surface area contributed by atoms with E-state index in [-0.39, 0.29) is 46.0 Å². The molecule has 0 aliphatic carbocycles. The molecule has 0 radical (unpaired) electrons. The SMILES string of the molecule is O=S(c1ccc(OC2CO2)c(OCCOOS(=O)(=O)[O-])c1)c1ccc(OC2CO2)c(OCCOOS(=O)(=O)[O-])c1. The summed E-state index contributed by atoms with van der Waals surface area (Å²) in [6.45, 7) is -0.676. The van der Waals surface area contributed by atoms with Crippen LogP contribution in [0, 0.1) is 0 Å². The van der Waals surface area contributed by atoms with Gasteiger partial charge in [0.15, 0.2) is 23.0 Å². The van der Waals surface area contributed by atoms with Crippen LogP contribution >= 0.6 is 0 Å². The van der Waals surface area contributed by atoms with Crippen molar-refractivity contribution in [1.29, 1.82) is 0 Å². The van der Waals surface area contributed by atoms with Crippen molar-refractivity contribution in [2.24, 2.45) is 0 Å². The molecule has 2 aliphatic heterocycles. The maximum atomic E-state index is 13.4. The zero-order chi connectivity index (χ0) is 28.8. The van der Waals surface area contributed by atoms with Crippen molar-refractivity contribution < 1.29 is 77.0 Å². The Balaban J connectivity index is 1.45. The maximum Gasteiger partial charge on any atom is 0.245 e. The van der Waals surface area contributed by atoms with Gasteiger partial charge in [-0.05, 0) is 24.3 Å². The smallest absolute Gasteiger partial charge is 0.245 e. The highest BCUT2D eigenvalue weighted by atomic mass is 32.3. The van der Waals surface area contributed by atoms with E-state index in [1.165, 1.54) is 36.4 Å². The van der Waals surface area contributed by atoms with Crippen LogP contribution in [-0.4, -0.2) is 82.4 Å². The van der Waals surface area contributed by atoms with E-state index in [0.717, 1.165) is 0 Å². The van der Waals surface area contributed by atoms with Crippen LogP contribution in [0.4, 0.5) is 0 Å². The first-order valence-corrected chi connectivity index (χ1v) is 14.8. The quantitative estimate of drug-likeness (QED) is 0.0523. The molecule has 0 bridgehead atoms. The molecule has 20 heteroatoms. The highest BCUT2D eigenvalue weighted by molar-refractivity contribution is 7.85. The summed E-state index contributed by atoms with van der Waals surface area (Å²) in [6, 6.07) is 8.84. The normalized spacial score (nSPS) is 19.1. The van der Waals surface area contributed by atoms with Crippen LogP contribution < -0.4 is 18.9 Å². The van der Waals surface area contributed by atoms with E-state index >= 15 is 0 Å². The predicted molar refractivity (Wildman–Crippen MR) is 123 cm³/mol. The van der Waals surface area contributed by atoms with Crippen LogP contribution in [0.15, 0.2) is 46.2 Å². The molecule has 0 spiro atoms. The largest absolute Gasteiger partial charge is 0.724 e. The van der Waals surface area contributed by atoms with E-state index in [2.05, 4.69) is 18.4 Å². The first-order valence-electron chi connectivity index (χ1n) is 11.0. The van der Waals surface area contributed by atoms with Crippen LogP contribution in [0.25, 0.3) is 0 Å². The van der Waals surface area contributed by atoms with Gasteiger partial charge in [0.25, 0.3) is 0 Å². The van der Waals surface area contributed by atoms with E-state index in [0.29, 0.717) is 13.2 Å². The minimum atomic E-state index is -5.04. The van der Waals surface area contributed by atoms with Crippen LogP contribution in [0.3, 0.4) is 0 Å². The first kappa shape index (κ1) is 30.3. The Labute approximate surface area is 229 Å². The molecule has 2 heterocycles. The lowest BCUT2D eigenvalue weighted by Crippen LogP contribution is -2.12. The second-order valence-electron chi connectivity index (χ2n) is 7.54. The molecular weight excluding hydrogens is 608 g/mol. The lowest BCUT2D eigenvalue weighted by molar-refractivity contribution is -0.212. The predicted octanol–water partition coefficient (Wildman–Crippen LogP) is -0.102. The summed E-state index contributed by atoms with van der Waals surface area (Å²) in [5.74, 6) is 0.700. The third kappa shape index (κ3) is 10.4. The molecule has 2 aromatic carbocycles. The number of benzene rings is 2. The molecule has 2 atom stereocenters. The van der Waals surface area contributed by atoms with E-state index in [1.807, 2.05) is 0 Å². The Hall–Kier alpha value is -2.63. The Kier molecular flexibility index (Phi) is 10.1. The molecular formula is C20H20O17S3-2. The fraction of sp³-hybridized carbons (Fsp3) is 0.400. The summed E-state index contributed by atoms with van der Waals surface area (Å²) in [5, 5.41) is 0. The third-order valence-electron chi connectivity index (χ3n) is 4.49. The van der Waals surface area contributed by atoms with Crippen molar-refractivity contribution in [3.05, 3.63) is 36.4 Å². The van der Waals surface area contributed by atoms with Gasteiger partial charge in [0.2, 0.25) is 33.4 Å². The van der Waals surface area contributed by atoms with Gasteiger partial charge < -0.3 is 37.5 Å². The van der Waals surface area contributed by atoms with Gasteiger partial charge in [-0.3, -0.25) is 0 Å². The molecule has 222 valence electrons. The van der Waals surface area contributed by atoms with Crippen molar-refractivity contribution in [3.8, 4) is 23.0 Å². The highest BCUT2D eigenvalue weighted by Gasteiger charge is 2.28. The van der Waals surface area contributed by atoms with E-state index in [1.54, 1.807) is 0 Å². The highest BCUT2D eigenvalue weighted by Crippen LogP contribution is 2.36. The van der Waals surface area contributed by atoms with Crippen LogP contribution in [0.2, 0.25) is 0 Å². The van der Waals surface area contributed by atoms with Gasteiger partial charge in [-0.1, -0.05) is 0 Å².